The molecule has 0 spiro atoms. The first-order chi connectivity index (χ1) is 8.59. The first kappa shape index (κ1) is 13.6. The normalized spacial score (nSPS) is 41.1. The summed E-state index contributed by atoms with van der Waals surface area (Å²) in [7, 11) is 0. The van der Waals surface area contributed by atoms with Crippen molar-refractivity contribution in [3.05, 3.63) is 36.5 Å². The van der Waals surface area contributed by atoms with Crippen molar-refractivity contribution in [2.24, 2.45) is 23.2 Å². The van der Waals surface area contributed by atoms with Crippen LogP contribution in [0.25, 0.3) is 0 Å². The van der Waals surface area contributed by atoms with Gasteiger partial charge in [-0.05, 0) is 67.8 Å². The number of hydrogen-bond donors (Lipinski definition) is 0. The second kappa shape index (κ2) is 5.47. The lowest BCUT2D eigenvalue weighted by atomic mass is 9.54. The van der Waals surface area contributed by atoms with Crippen molar-refractivity contribution in [2.45, 2.75) is 52.9 Å². The highest BCUT2D eigenvalue weighted by Crippen LogP contribution is 2.56. The molecule has 18 heavy (non-hydrogen) atoms. The zero-order valence-corrected chi connectivity index (χ0v) is 12.3. The van der Waals surface area contributed by atoms with E-state index in [0.717, 1.165) is 17.8 Å². The van der Waals surface area contributed by atoms with E-state index in [2.05, 4.69) is 45.6 Å². The fraction of sp³-hybridized carbons (Fsp3) is 0.667. The van der Waals surface area contributed by atoms with Gasteiger partial charge in [0.15, 0.2) is 0 Å². The molecule has 0 aromatic heterocycles. The van der Waals surface area contributed by atoms with Gasteiger partial charge >= 0.3 is 0 Å². The molecule has 0 aliphatic heterocycles. The van der Waals surface area contributed by atoms with Crippen LogP contribution in [0.5, 0.6) is 0 Å². The highest BCUT2D eigenvalue weighted by Gasteiger charge is 2.45. The number of fused-ring (bicyclic) bond motifs is 2. The predicted octanol–water partition coefficient (Wildman–Crippen LogP) is 5.53. The first-order valence-corrected chi connectivity index (χ1v) is 7.55. The van der Waals surface area contributed by atoms with Crippen molar-refractivity contribution in [3.63, 3.8) is 0 Å². The van der Waals surface area contributed by atoms with Crippen LogP contribution < -0.4 is 0 Å². The van der Waals surface area contributed by atoms with Crippen LogP contribution in [-0.2, 0) is 0 Å². The third-order valence-electron chi connectivity index (χ3n) is 4.96. The minimum atomic E-state index is 0.467. The van der Waals surface area contributed by atoms with Gasteiger partial charge in [-0.2, -0.15) is 0 Å². The van der Waals surface area contributed by atoms with E-state index in [-0.39, 0.29) is 0 Å². The molecule has 100 valence electrons. The van der Waals surface area contributed by atoms with Gasteiger partial charge in [-0.3, -0.25) is 0 Å². The quantitative estimate of drug-likeness (QED) is 0.573. The molecule has 0 heteroatoms. The van der Waals surface area contributed by atoms with E-state index in [9.17, 15) is 0 Å². The summed E-state index contributed by atoms with van der Waals surface area (Å²) in [6.45, 7) is 10.9. The summed E-state index contributed by atoms with van der Waals surface area (Å²) in [6.07, 6.45) is 15.7. The molecule has 0 heterocycles. The van der Waals surface area contributed by atoms with Crippen LogP contribution in [0.4, 0.5) is 0 Å². The lowest BCUT2D eigenvalue weighted by molar-refractivity contribution is 0.0491. The van der Waals surface area contributed by atoms with E-state index >= 15 is 0 Å². The molecule has 2 fully saturated rings. The topological polar surface area (TPSA) is 0 Å². The van der Waals surface area contributed by atoms with E-state index < -0.39 is 0 Å². The van der Waals surface area contributed by atoms with Gasteiger partial charge < -0.3 is 0 Å². The van der Waals surface area contributed by atoms with Gasteiger partial charge in [0, 0.05) is 0 Å². The summed E-state index contributed by atoms with van der Waals surface area (Å²) in [6, 6.07) is 0. The van der Waals surface area contributed by atoms with Crippen molar-refractivity contribution in [3.8, 4) is 0 Å². The van der Waals surface area contributed by atoms with Gasteiger partial charge in [-0.15, -0.1) is 0 Å². The minimum absolute atomic E-state index is 0.467. The summed E-state index contributed by atoms with van der Waals surface area (Å²) in [5.41, 5.74) is 2.03. The highest BCUT2D eigenvalue weighted by molar-refractivity contribution is 5.30. The molecule has 2 aliphatic carbocycles. The monoisotopic (exact) mass is 244 g/mol. The van der Waals surface area contributed by atoms with Crippen LogP contribution in [0.15, 0.2) is 36.5 Å². The molecule has 2 rings (SSSR count). The fourth-order valence-corrected chi connectivity index (χ4v) is 4.81. The number of hydrogen-bond acceptors (Lipinski definition) is 0. The molecule has 0 aromatic carbocycles. The Morgan fingerprint density at radius 2 is 1.72 bits per heavy atom. The predicted molar refractivity (Wildman–Crippen MR) is 80.4 cm³/mol. The van der Waals surface area contributed by atoms with Crippen LogP contribution in [0.2, 0.25) is 0 Å². The van der Waals surface area contributed by atoms with E-state index in [1.54, 1.807) is 5.57 Å². The Morgan fingerprint density at radius 1 is 1.11 bits per heavy atom. The zero-order valence-electron chi connectivity index (χ0n) is 12.3. The minimum Gasteiger partial charge on any atom is -0.0991 e. The van der Waals surface area contributed by atoms with E-state index in [0.29, 0.717) is 5.41 Å². The molecule has 0 nitrogen and oxygen atoms in total. The van der Waals surface area contributed by atoms with Crippen molar-refractivity contribution in [2.75, 3.05) is 0 Å². The third kappa shape index (κ3) is 2.63. The fourth-order valence-electron chi connectivity index (χ4n) is 4.81. The van der Waals surface area contributed by atoms with E-state index in [1.165, 1.54) is 32.1 Å². The summed E-state index contributed by atoms with van der Waals surface area (Å²) >= 11 is 0. The van der Waals surface area contributed by atoms with Crippen molar-refractivity contribution < 1.29 is 0 Å². The third-order valence-corrected chi connectivity index (χ3v) is 4.96. The van der Waals surface area contributed by atoms with Gasteiger partial charge in [0.05, 0.1) is 0 Å². The molecule has 2 saturated carbocycles. The Kier molecular flexibility index (Phi) is 4.14. The molecular formula is C18H28. The lowest BCUT2D eigenvalue weighted by Gasteiger charge is -2.51. The first-order valence-electron chi connectivity index (χ1n) is 7.55. The van der Waals surface area contributed by atoms with Crippen molar-refractivity contribution in [1.82, 2.24) is 0 Å². The molecule has 2 unspecified atom stereocenters. The summed E-state index contributed by atoms with van der Waals surface area (Å²) in [5.74, 6) is 2.75. The maximum atomic E-state index is 3.81. The van der Waals surface area contributed by atoms with Crippen molar-refractivity contribution >= 4 is 0 Å². The molecule has 0 N–H and O–H groups in total. The Balaban J connectivity index is 2.30. The lowest BCUT2D eigenvalue weighted by Crippen LogP contribution is -2.40. The van der Waals surface area contributed by atoms with Crippen molar-refractivity contribution in [1.29, 1.82) is 0 Å². The average Bonchev–Trinajstić information content (AvgIpc) is 2.27. The zero-order chi connectivity index (χ0) is 13.2. The Morgan fingerprint density at radius 3 is 2.22 bits per heavy atom. The highest BCUT2D eigenvalue weighted by atomic mass is 14.5. The Bertz CT molecular complexity index is 339. The molecule has 0 amide bonds. The second-order valence-electron chi connectivity index (χ2n) is 6.78. The number of allylic oxidation sites excluding steroid dienone is 5. The summed E-state index contributed by atoms with van der Waals surface area (Å²) in [5, 5.41) is 0. The average molecular weight is 244 g/mol. The van der Waals surface area contributed by atoms with E-state index in [1.807, 2.05) is 6.08 Å². The van der Waals surface area contributed by atoms with Gasteiger partial charge in [-0.25, -0.2) is 0 Å². The molecule has 2 atom stereocenters. The van der Waals surface area contributed by atoms with E-state index in [4.69, 9.17) is 0 Å². The maximum Gasteiger partial charge on any atom is -0.00425 e. The largest absolute Gasteiger partial charge is 0.0991 e. The SMILES string of the molecule is C=C/C=C\C(=C/C)C12CC(C)CC(CC(C)C1)C2. The van der Waals surface area contributed by atoms with Crippen LogP contribution in [0.3, 0.4) is 0 Å². The number of rotatable bonds is 3. The molecular weight excluding hydrogens is 216 g/mol. The van der Waals surface area contributed by atoms with Gasteiger partial charge in [0.25, 0.3) is 0 Å². The van der Waals surface area contributed by atoms with Crippen LogP contribution in [-0.4, -0.2) is 0 Å². The second-order valence-corrected chi connectivity index (χ2v) is 6.78. The maximum absolute atomic E-state index is 3.81. The van der Waals surface area contributed by atoms with Gasteiger partial charge in [0.2, 0.25) is 0 Å². The van der Waals surface area contributed by atoms with Gasteiger partial charge in [-0.1, -0.05) is 44.7 Å². The standard InChI is InChI=1S/C18H28/c1-5-7-8-17(6-2)18-11-14(3)9-16(13-18)10-15(4)12-18/h5-8,14-16H,1,9-13H2,2-4H3/b8-7-,17-6+. The molecule has 0 aromatic rings. The van der Waals surface area contributed by atoms with Crippen LogP contribution in [0, 0.1) is 23.2 Å². The molecule has 0 radical (unpaired) electrons. The molecule has 2 aliphatic rings. The van der Waals surface area contributed by atoms with Crippen LogP contribution in [0.1, 0.15) is 52.9 Å². The molecule has 0 saturated heterocycles. The summed E-state index contributed by atoms with van der Waals surface area (Å²) in [4.78, 5) is 0. The summed E-state index contributed by atoms with van der Waals surface area (Å²) < 4.78 is 0. The smallest absolute Gasteiger partial charge is 0.00425 e. The van der Waals surface area contributed by atoms with Gasteiger partial charge in [0.1, 0.15) is 0 Å². The van der Waals surface area contributed by atoms with Crippen LogP contribution >= 0.6 is 0 Å². The Labute approximate surface area is 113 Å². The Hall–Kier alpha value is -0.780. The molecule has 2 bridgehead atoms.